The first kappa shape index (κ1) is 21.3. The minimum absolute atomic E-state index is 0. The van der Waals surface area contributed by atoms with Crippen LogP contribution in [0.2, 0.25) is 0 Å². The lowest BCUT2D eigenvalue weighted by molar-refractivity contribution is -0.121. The largest absolute Gasteiger partial charge is 0.489 e. The molecule has 1 amide bonds. The van der Waals surface area contributed by atoms with Crippen molar-refractivity contribution in [1.29, 1.82) is 0 Å². The van der Waals surface area contributed by atoms with Gasteiger partial charge in [-0.25, -0.2) is 0 Å². The number of anilines is 1. The van der Waals surface area contributed by atoms with Crippen LogP contribution in [-0.2, 0) is 11.4 Å². The molecule has 1 fully saturated rings. The normalized spacial score (nSPS) is 15.5. The zero-order valence-corrected chi connectivity index (χ0v) is 16.9. The predicted octanol–water partition coefficient (Wildman–Crippen LogP) is 4.81. The molecule has 1 heterocycles. The first-order valence-electron chi connectivity index (χ1n) is 9.45. The highest BCUT2D eigenvalue weighted by Gasteiger charge is 2.22. The van der Waals surface area contributed by atoms with Gasteiger partial charge in [0, 0.05) is 5.69 Å². The van der Waals surface area contributed by atoms with E-state index in [1.807, 2.05) is 31.2 Å². The molecule has 1 saturated heterocycles. The minimum atomic E-state index is -0.0900. The molecule has 1 atom stereocenters. The summed E-state index contributed by atoms with van der Waals surface area (Å²) in [6.07, 6.45) is 3.64. The number of ether oxygens (including phenoxy) is 1. The second-order valence-corrected chi connectivity index (χ2v) is 7.06. The number of benzene rings is 2. The smallest absolute Gasteiger partial charge is 0.241 e. The van der Waals surface area contributed by atoms with E-state index in [0.29, 0.717) is 6.61 Å². The number of nitrogens with one attached hydrogen (secondary N) is 1. The van der Waals surface area contributed by atoms with Crippen LogP contribution in [0.4, 0.5) is 5.69 Å². The summed E-state index contributed by atoms with van der Waals surface area (Å²) in [5.41, 5.74) is 3.19. The van der Waals surface area contributed by atoms with E-state index in [2.05, 4.69) is 41.4 Å². The fourth-order valence-electron chi connectivity index (χ4n) is 3.20. The zero-order valence-electron chi connectivity index (χ0n) is 16.1. The number of hydrogen-bond donors (Lipinski definition) is 1. The average Bonchev–Trinajstić information content (AvgIpc) is 2.68. The minimum Gasteiger partial charge on any atom is -0.489 e. The molecule has 27 heavy (non-hydrogen) atoms. The van der Waals surface area contributed by atoms with E-state index >= 15 is 0 Å². The van der Waals surface area contributed by atoms with E-state index in [1.54, 1.807) is 0 Å². The van der Waals surface area contributed by atoms with E-state index in [1.165, 1.54) is 24.8 Å². The molecular weight excluding hydrogens is 360 g/mol. The van der Waals surface area contributed by atoms with E-state index in [-0.39, 0.29) is 24.4 Å². The second kappa shape index (κ2) is 10.3. The van der Waals surface area contributed by atoms with Crippen LogP contribution >= 0.6 is 12.4 Å². The van der Waals surface area contributed by atoms with Crippen molar-refractivity contribution in [3.05, 3.63) is 59.7 Å². The van der Waals surface area contributed by atoms with Gasteiger partial charge in [0.15, 0.2) is 0 Å². The number of carbonyl (C=O) groups excluding carboxylic acids is 1. The van der Waals surface area contributed by atoms with Gasteiger partial charge in [-0.15, -0.1) is 12.4 Å². The Kier molecular flexibility index (Phi) is 8.14. The van der Waals surface area contributed by atoms with Gasteiger partial charge in [0.2, 0.25) is 5.91 Å². The number of nitrogens with zero attached hydrogens (tertiary/aromatic N) is 1. The Bertz CT molecular complexity index is 710. The summed E-state index contributed by atoms with van der Waals surface area (Å²) in [6.45, 7) is 6.63. The predicted molar refractivity (Wildman–Crippen MR) is 113 cm³/mol. The topological polar surface area (TPSA) is 41.6 Å². The maximum absolute atomic E-state index is 12.5. The van der Waals surface area contributed by atoms with Gasteiger partial charge in [-0.3, -0.25) is 9.69 Å². The van der Waals surface area contributed by atoms with Crippen LogP contribution in [0, 0.1) is 6.92 Å². The van der Waals surface area contributed by atoms with Crippen molar-refractivity contribution in [3.63, 3.8) is 0 Å². The number of rotatable bonds is 6. The Morgan fingerprint density at radius 3 is 2.30 bits per heavy atom. The van der Waals surface area contributed by atoms with Crippen LogP contribution < -0.4 is 10.1 Å². The lowest BCUT2D eigenvalue weighted by Crippen LogP contribution is -2.44. The van der Waals surface area contributed by atoms with E-state index in [0.717, 1.165) is 30.1 Å². The van der Waals surface area contributed by atoms with Crippen molar-refractivity contribution in [1.82, 2.24) is 4.90 Å². The molecule has 0 aliphatic carbocycles. The Balaban J connectivity index is 0.00000261. The second-order valence-electron chi connectivity index (χ2n) is 7.06. The monoisotopic (exact) mass is 388 g/mol. The maximum Gasteiger partial charge on any atom is 0.241 e. The van der Waals surface area contributed by atoms with Crippen LogP contribution in [0.25, 0.3) is 0 Å². The fourth-order valence-corrected chi connectivity index (χ4v) is 3.20. The zero-order chi connectivity index (χ0) is 18.4. The molecular formula is C22H29ClN2O2. The summed E-state index contributed by atoms with van der Waals surface area (Å²) in [5, 5.41) is 3.01. The molecule has 5 heteroatoms. The van der Waals surface area contributed by atoms with Gasteiger partial charge in [-0.05, 0) is 69.6 Å². The molecule has 146 valence electrons. The fraction of sp³-hybridized carbons (Fsp3) is 0.409. The van der Waals surface area contributed by atoms with Gasteiger partial charge in [0.25, 0.3) is 0 Å². The molecule has 2 aromatic carbocycles. The highest BCUT2D eigenvalue weighted by atomic mass is 35.5. The first-order chi connectivity index (χ1) is 12.6. The molecule has 1 unspecified atom stereocenters. The summed E-state index contributed by atoms with van der Waals surface area (Å²) in [6, 6.07) is 15.8. The highest BCUT2D eigenvalue weighted by Crippen LogP contribution is 2.19. The number of piperidine rings is 1. The third-order valence-electron chi connectivity index (χ3n) is 4.97. The molecule has 2 aromatic rings. The van der Waals surface area contributed by atoms with Crippen LogP contribution in [-0.4, -0.2) is 29.9 Å². The molecule has 0 spiro atoms. The third-order valence-corrected chi connectivity index (χ3v) is 4.97. The molecule has 0 saturated carbocycles. The third kappa shape index (κ3) is 6.26. The molecule has 0 aromatic heterocycles. The standard InChI is InChI=1S/C22H28N2O2.ClH/c1-17-6-8-19(9-7-17)16-26-21-12-10-20(11-13-21)23-22(25)18(2)24-14-4-3-5-15-24;/h6-13,18H,3-5,14-16H2,1-2H3,(H,23,25);1H. The Morgan fingerprint density at radius 2 is 1.67 bits per heavy atom. The summed E-state index contributed by atoms with van der Waals surface area (Å²) in [7, 11) is 0. The molecule has 4 nitrogen and oxygen atoms in total. The average molecular weight is 389 g/mol. The number of carbonyl (C=O) groups is 1. The molecule has 3 rings (SSSR count). The van der Waals surface area contributed by atoms with Gasteiger partial charge in [-0.2, -0.15) is 0 Å². The van der Waals surface area contributed by atoms with Crippen molar-refractivity contribution >= 4 is 24.0 Å². The van der Waals surface area contributed by atoms with Crippen molar-refractivity contribution in [2.24, 2.45) is 0 Å². The van der Waals surface area contributed by atoms with Crippen molar-refractivity contribution in [2.75, 3.05) is 18.4 Å². The summed E-state index contributed by atoms with van der Waals surface area (Å²) in [4.78, 5) is 14.7. The molecule has 1 N–H and O–H groups in total. The highest BCUT2D eigenvalue weighted by molar-refractivity contribution is 5.94. The Morgan fingerprint density at radius 1 is 1.04 bits per heavy atom. The van der Waals surface area contributed by atoms with Crippen LogP contribution in [0.15, 0.2) is 48.5 Å². The van der Waals surface area contributed by atoms with Crippen LogP contribution in [0.3, 0.4) is 0 Å². The number of likely N-dealkylation sites (tertiary alicyclic amines) is 1. The summed E-state index contributed by atoms with van der Waals surface area (Å²) < 4.78 is 5.81. The van der Waals surface area contributed by atoms with Gasteiger partial charge in [0.1, 0.15) is 12.4 Å². The van der Waals surface area contributed by atoms with E-state index in [4.69, 9.17) is 4.74 Å². The number of aryl methyl sites for hydroxylation is 1. The van der Waals surface area contributed by atoms with Crippen LogP contribution in [0.5, 0.6) is 5.75 Å². The number of amides is 1. The van der Waals surface area contributed by atoms with Crippen molar-refractivity contribution in [2.45, 2.75) is 45.8 Å². The van der Waals surface area contributed by atoms with Gasteiger partial charge in [-0.1, -0.05) is 36.2 Å². The maximum atomic E-state index is 12.5. The number of hydrogen-bond acceptors (Lipinski definition) is 3. The first-order valence-corrected chi connectivity index (χ1v) is 9.45. The van der Waals surface area contributed by atoms with Crippen molar-refractivity contribution in [3.8, 4) is 5.75 Å². The molecule has 1 aliphatic rings. The Hall–Kier alpha value is -2.04. The van der Waals surface area contributed by atoms with E-state index in [9.17, 15) is 4.79 Å². The van der Waals surface area contributed by atoms with Crippen LogP contribution in [0.1, 0.15) is 37.3 Å². The summed E-state index contributed by atoms with van der Waals surface area (Å²) >= 11 is 0. The molecule has 1 aliphatic heterocycles. The lowest BCUT2D eigenvalue weighted by atomic mass is 10.1. The van der Waals surface area contributed by atoms with Gasteiger partial charge >= 0.3 is 0 Å². The van der Waals surface area contributed by atoms with Crippen molar-refractivity contribution < 1.29 is 9.53 Å². The summed E-state index contributed by atoms with van der Waals surface area (Å²) in [5.74, 6) is 0.855. The molecule has 0 bridgehead atoms. The van der Waals surface area contributed by atoms with Gasteiger partial charge < -0.3 is 10.1 Å². The number of halogens is 1. The quantitative estimate of drug-likeness (QED) is 0.772. The van der Waals surface area contributed by atoms with Gasteiger partial charge in [0.05, 0.1) is 6.04 Å². The molecule has 0 radical (unpaired) electrons. The lowest BCUT2D eigenvalue weighted by Gasteiger charge is -2.31. The Labute approximate surface area is 168 Å². The van der Waals surface area contributed by atoms with E-state index < -0.39 is 0 Å². The SMILES string of the molecule is Cc1ccc(COc2ccc(NC(=O)C(C)N3CCCCC3)cc2)cc1.Cl.